The van der Waals surface area contributed by atoms with Gasteiger partial charge in [-0.1, -0.05) is 42.5 Å². The average Bonchev–Trinajstić information content (AvgIpc) is 2.93. The summed E-state index contributed by atoms with van der Waals surface area (Å²) in [6.45, 7) is 5.06. The van der Waals surface area contributed by atoms with Gasteiger partial charge in [-0.15, -0.1) is 0 Å². The van der Waals surface area contributed by atoms with Crippen LogP contribution in [-0.2, 0) is 25.9 Å². The SMILES string of the molecule is COCC(c1ccccc1)n1c(COC(C)C)nc(O)c(S(=O)(=O)c2ccc(-c3ccnc(F)c3C)cc2)c1=O. The van der Waals surface area contributed by atoms with E-state index in [0.717, 1.165) is 0 Å². The highest BCUT2D eigenvalue weighted by molar-refractivity contribution is 7.91. The fourth-order valence-electron chi connectivity index (χ4n) is 4.36. The van der Waals surface area contributed by atoms with Gasteiger partial charge >= 0.3 is 0 Å². The summed E-state index contributed by atoms with van der Waals surface area (Å²) in [5.41, 5.74) is 1.13. The van der Waals surface area contributed by atoms with Crippen LogP contribution in [0.4, 0.5) is 4.39 Å². The monoisotopic (exact) mass is 567 g/mol. The lowest BCUT2D eigenvalue weighted by atomic mass is 10.0. The zero-order valence-corrected chi connectivity index (χ0v) is 23.4. The van der Waals surface area contributed by atoms with Gasteiger partial charge in [0.05, 0.1) is 23.6 Å². The number of hydrogen-bond acceptors (Lipinski definition) is 8. The molecule has 2 aromatic carbocycles. The Hall–Kier alpha value is -3.93. The molecule has 210 valence electrons. The van der Waals surface area contributed by atoms with E-state index < -0.39 is 38.2 Å². The molecule has 1 N–H and O–H groups in total. The van der Waals surface area contributed by atoms with Gasteiger partial charge < -0.3 is 14.6 Å². The third-order valence-electron chi connectivity index (χ3n) is 6.38. The largest absolute Gasteiger partial charge is 0.492 e. The number of pyridine rings is 1. The van der Waals surface area contributed by atoms with Gasteiger partial charge in [-0.3, -0.25) is 9.36 Å². The minimum atomic E-state index is -4.53. The van der Waals surface area contributed by atoms with Crippen LogP contribution >= 0.6 is 0 Å². The molecule has 0 radical (unpaired) electrons. The first-order chi connectivity index (χ1) is 19.1. The number of ether oxygens (including phenoxy) is 2. The second-order valence-corrected chi connectivity index (χ2v) is 11.3. The van der Waals surface area contributed by atoms with Crippen molar-refractivity contribution in [2.75, 3.05) is 13.7 Å². The molecule has 40 heavy (non-hydrogen) atoms. The molecule has 0 bridgehead atoms. The van der Waals surface area contributed by atoms with Crippen molar-refractivity contribution in [1.29, 1.82) is 0 Å². The number of hydrogen-bond donors (Lipinski definition) is 1. The normalized spacial score (nSPS) is 12.6. The summed E-state index contributed by atoms with van der Waals surface area (Å²) in [7, 11) is -3.07. The lowest BCUT2D eigenvalue weighted by Crippen LogP contribution is -2.35. The van der Waals surface area contributed by atoms with Crippen molar-refractivity contribution in [3.05, 3.63) is 100 Å². The van der Waals surface area contributed by atoms with Crippen LogP contribution in [0, 0.1) is 12.9 Å². The number of halogens is 1. The number of aromatic nitrogens is 3. The number of nitrogens with zero attached hydrogens (tertiary/aromatic N) is 3. The van der Waals surface area contributed by atoms with Crippen molar-refractivity contribution in [3.8, 4) is 17.0 Å². The first-order valence-corrected chi connectivity index (χ1v) is 14.0. The van der Waals surface area contributed by atoms with E-state index in [4.69, 9.17) is 9.47 Å². The van der Waals surface area contributed by atoms with Crippen LogP contribution in [0.3, 0.4) is 0 Å². The quantitative estimate of drug-likeness (QED) is 0.279. The maximum atomic E-state index is 14.0. The Bertz CT molecular complexity index is 1660. The number of rotatable bonds is 10. The Balaban J connectivity index is 1.87. The highest BCUT2D eigenvalue weighted by Gasteiger charge is 2.32. The Kier molecular flexibility index (Phi) is 8.77. The summed E-state index contributed by atoms with van der Waals surface area (Å²) in [6, 6.07) is 15.4. The Morgan fingerprint density at radius 3 is 2.35 bits per heavy atom. The van der Waals surface area contributed by atoms with Crippen molar-refractivity contribution in [1.82, 2.24) is 14.5 Å². The number of sulfone groups is 1. The summed E-state index contributed by atoms with van der Waals surface area (Å²) >= 11 is 0. The minimum absolute atomic E-state index is 0.0289. The molecule has 4 rings (SSSR count). The average molecular weight is 568 g/mol. The molecular weight excluding hydrogens is 537 g/mol. The summed E-state index contributed by atoms with van der Waals surface area (Å²) in [4.78, 5) is 20.6. The predicted octanol–water partition coefficient (Wildman–Crippen LogP) is 4.45. The Morgan fingerprint density at radius 2 is 1.73 bits per heavy atom. The van der Waals surface area contributed by atoms with Crippen LogP contribution in [0.25, 0.3) is 11.1 Å². The second-order valence-electron chi connectivity index (χ2n) is 9.40. The van der Waals surface area contributed by atoms with Crippen LogP contribution in [0.2, 0.25) is 0 Å². The molecule has 1 atom stereocenters. The minimum Gasteiger partial charge on any atom is -0.492 e. The van der Waals surface area contributed by atoms with Gasteiger partial charge in [-0.25, -0.2) is 13.4 Å². The zero-order valence-electron chi connectivity index (χ0n) is 22.5. The van der Waals surface area contributed by atoms with Crippen molar-refractivity contribution < 1.29 is 27.4 Å². The molecule has 0 aliphatic carbocycles. The van der Waals surface area contributed by atoms with E-state index in [1.165, 1.54) is 42.1 Å². The maximum Gasteiger partial charge on any atom is 0.277 e. The molecule has 0 fully saturated rings. The van der Waals surface area contributed by atoms with Gasteiger partial charge in [0.2, 0.25) is 21.7 Å². The molecule has 1 unspecified atom stereocenters. The number of aromatic hydroxyl groups is 1. The lowest BCUT2D eigenvalue weighted by molar-refractivity contribution is 0.0557. The Labute approximate surface area is 231 Å². The predicted molar refractivity (Wildman–Crippen MR) is 146 cm³/mol. The van der Waals surface area contributed by atoms with E-state index in [-0.39, 0.29) is 30.0 Å². The van der Waals surface area contributed by atoms with Crippen molar-refractivity contribution in [2.24, 2.45) is 0 Å². The van der Waals surface area contributed by atoms with Gasteiger partial charge in [-0.2, -0.15) is 9.37 Å². The van der Waals surface area contributed by atoms with Crippen LogP contribution < -0.4 is 5.56 Å². The summed E-state index contributed by atoms with van der Waals surface area (Å²) in [5, 5.41) is 10.8. The smallest absolute Gasteiger partial charge is 0.277 e. The Morgan fingerprint density at radius 1 is 1.05 bits per heavy atom. The van der Waals surface area contributed by atoms with E-state index >= 15 is 0 Å². The van der Waals surface area contributed by atoms with Gasteiger partial charge in [0.1, 0.15) is 12.4 Å². The maximum absolute atomic E-state index is 14.0. The summed E-state index contributed by atoms with van der Waals surface area (Å²) in [5.74, 6) is -1.51. The van der Waals surface area contributed by atoms with E-state index in [1.807, 2.05) is 6.07 Å². The molecule has 2 aromatic heterocycles. The molecule has 0 saturated carbocycles. The molecule has 0 spiro atoms. The topological polar surface area (TPSA) is 121 Å². The number of benzene rings is 2. The highest BCUT2D eigenvalue weighted by atomic mass is 32.2. The highest BCUT2D eigenvalue weighted by Crippen LogP contribution is 2.30. The molecule has 0 aliphatic heterocycles. The van der Waals surface area contributed by atoms with Crippen molar-refractivity contribution in [3.63, 3.8) is 0 Å². The molecule has 0 aliphatic rings. The molecule has 4 aromatic rings. The van der Waals surface area contributed by atoms with E-state index in [0.29, 0.717) is 22.3 Å². The lowest BCUT2D eigenvalue weighted by Gasteiger charge is -2.24. The molecule has 9 nitrogen and oxygen atoms in total. The summed E-state index contributed by atoms with van der Waals surface area (Å²) in [6.07, 6.45) is 1.10. The van der Waals surface area contributed by atoms with Gasteiger partial charge in [0.15, 0.2) is 4.90 Å². The van der Waals surface area contributed by atoms with Crippen molar-refractivity contribution >= 4 is 9.84 Å². The van der Waals surface area contributed by atoms with Crippen LogP contribution in [0.5, 0.6) is 5.88 Å². The van der Waals surface area contributed by atoms with Crippen LogP contribution in [0.15, 0.2) is 81.4 Å². The first-order valence-electron chi connectivity index (χ1n) is 12.5. The fourth-order valence-corrected chi connectivity index (χ4v) is 5.70. The van der Waals surface area contributed by atoms with E-state index in [2.05, 4.69) is 9.97 Å². The molecule has 0 amide bonds. The van der Waals surface area contributed by atoms with Gasteiger partial charge in [0, 0.05) is 18.9 Å². The fraction of sp³-hybridized carbons (Fsp3) is 0.276. The molecule has 2 heterocycles. The van der Waals surface area contributed by atoms with Gasteiger partial charge in [-0.05, 0) is 55.7 Å². The third-order valence-corrected chi connectivity index (χ3v) is 8.17. The second kappa shape index (κ2) is 12.1. The zero-order chi connectivity index (χ0) is 29.0. The molecule has 0 saturated heterocycles. The molecular formula is C29H30FN3O6S. The molecule has 11 heteroatoms. The van der Waals surface area contributed by atoms with Crippen LogP contribution in [-0.4, -0.2) is 47.9 Å². The van der Waals surface area contributed by atoms with E-state index in [1.54, 1.807) is 51.1 Å². The van der Waals surface area contributed by atoms with Crippen molar-refractivity contribution in [2.45, 2.75) is 49.3 Å². The van der Waals surface area contributed by atoms with E-state index in [9.17, 15) is 22.7 Å². The first kappa shape index (κ1) is 29.1. The van der Waals surface area contributed by atoms with Gasteiger partial charge in [0.25, 0.3) is 5.56 Å². The third kappa shape index (κ3) is 5.81. The standard InChI is InChI=1S/C29H30FN3O6S/c1-18(2)39-17-25-32-28(34)26(29(35)33(25)24(16-38-4)21-8-6-5-7-9-21)40(36,37)22-12-10-20(11-13-22)23-14-15-31-27(30)19(23)3/h5-15,18,24,34H,16-17H2,1-4H3. The number of methoxy groups -OCH3 is 1. The van der Waals surface area contributed by atoms with Crippen LogP contribution in [0.1, 0.15) is 36.8 Å². The summed E-state index contributed by atoms with van der Waals surface area (Å²) < 4.78 is 53.7.